The van der Waals surface area contributed by atoms with Crippen LogP contribution in [0.15, 0.2) is 11.6 Å². The van der Waals surface area contributed by atoms with Crippen molar-refractivity contribution in [3.8, 4) is 0 Å². The Balaban J connectivity index is 2.11. The van der Waals surface area contributed by atoms with Crippen LogP contribution < -0.4 is 10.6 Å². The zero-order chi connectivity index (χ0) is 10.2. The first kappa shape index (κ1) is 10.9. The third kappa shape index (κ3) is 4.20. The summed E-state index contributed by atoms with van der Waals surface area (Å²) in [6.45, 7) is 1.25. The number of anilines is 1. The quantitative estimate of drug-likeness (QED) is 0.728. The average Bonchev–Trinajstić information content (AvgIpc) is 2.65. The summed E-state index contributed by atoms with van der Waals surface area (Å²) in [5.41, 5.74) is 0. The Hall–Kier alpha value is -1.14. The Labute approximate surface area is 86.5 Å². The fraction of sp³-hybridized carbons (Fsp3) is 0.500. The SMILES string of the molecule is COCCCNC(=O)Nc1nccs1. The van der Waals surface area contributed by atoms with Crippen LogP contribution >= 0.6 is 11.3 Å². The van der Waals surface area contributed by atoms with E-state index in [-0.39, 0.29) is 6.03 Å². The molecule has 0 aliphatic carbocycles. The number of nitrogens with one attached hydrogen (secondary N) is 2. The van der Waals surface area contributed by atoms with Gasteiger partial charge in [-0.3, -0.25) is 5.32 Å². The van der Waals surface area contributed by atoms with Crippen molar-refractivity contribution in [3.05, 3.63) is 11.6 Å². The Bertz CT molecular complexity index is 264. The van der Waals surface area contributed by atoms with E-state index < -0.39 is 0 Å². The largest absolute Gasteiger partial charge is 0.385 e. The van der Waals surface area contributed by atoms with Crippen molar-refractivity contribution in [2.45, 2.75) is 6.42 Å². The lowest BCUT2D eigenvalue weighted by Gasteiger charge is -2.04. The molecule has 0 aliphatic rings. The first-order valence-corrected chi connectivity index (χ1v) is 5.14. The smallest absolute Gasteiger partial charge is 0.321 e. The van der Waals surface area contributed by atoms with Crippen LogP contribution in [-0.4, -0.2) is 31.3 Å². The van der Waals surface area contributed by atoms with E-state index in [9.17, 15) is 4.79 Å². The van der Waals surface area contributed by atoms with Gasteiger partial charge in [-0.1, -0.05) is 0 Å². The minimum Gasteiger partial charge on any atom is -0.385 e. The van der Waals surface area contributed by atoms with Gasteiger partial charge in [0.25, 0.3) is 0 Å². The van der Waals surface area contributed by atoms with Crippen molar-refractivity contribution in [1.82, 2.24) is 10.3 Å². The van der Waals surface area contributed by atoms with E-state index in [1.807, 2.05) is 0 Å². The Morgan fingerprint density at radius 1 is 1.71 bits per heavy atom. The molecule has 0 radical (unpaired) electrons. The molecule has 1 aromatic heterocycles. The third-order valence-electron chi connectivity index (χ3n) is 1.46. The lowest BCUT2D eigenvalue weighted by Crippen LogP contribution is -2.29. The molecule has 1 aromatic rings. The van der Waals surface area contributed by atoms with Crippen LogP contribution in [0.4, 0.5) is 9.93 Å². The monoisotopic (exact) mass is 215 g/mol. The lowest BCUT2D eigenvalue weighted by atomic mass is 10.4. The van der Waals surface area contributed by atoms with Crippen LogP contribution in [0.25, 0.3) is 0 Å². The molecule has 14 heavy (non-hydrogen) atoms. The molecule has 2 amide bonds. The van der Waals surface area contributed by atoms with E-state index in [1.165, 1.54) is 11.3 Å². The van der Waals surface area contributed by atoms with Crippen molar-refractivity contribution in [1.29, 1.82) is 0 Å². The molecule has 0 saturated carbocycles. The number of methoxy groups -OCH3 is 1. The molecule has 1 heterocycles. The average molecular weight is 215 g/mol. The zero-order valence-corrected chi connectivity index (χ0v) is 8.76. The highest BCUT2D eigenvalue weighted by atomic mass is 32.1. The zero-order valence-electron chi connectivity index (χ0n) is 7.95. The molecular weight excluding hydrogens is 202 g/mol. The molecule has 0 aliphatic heterocycles. The fourth-order valence-corrected chi connectivity index (χ4v) is 1.37. The van der Waals surface area contributed by atoms with Crippen LogP contribution in [0, 0.1) is 0 Å². The molecule has 1 rings (SSSR count). The molecule has 0 fully saturated rings. The predicted molar refractivity (Wildman–Crippen MR) is 55.6 cm³/mol. The van der Waals surface area contributed by atoms with E-state index in [1.54, 1.807) is 18.7 Å². The van der Waals surface area contributed by atoms with Crippen LogP contribution in [0.1, 0.15) is 6.42 Å². The molecule has 0 saturated heterocycles. The number of amides is 2. The van der Waals surface area contributed by atoms with Gasteiger partial charge in [-0.25, -0.2) is 9.78 Å². The highest BCUT2D eigenvalue weighted by molar-refractivity contribution is 7.13. The summed E-state index contributed by atoms with van der Waals surface area (Å²) in [5, 5.41) is 7.72. The van der Waals surface area contributed by atoms with Crippen LogP contribution in [0.3, 0.4) is 0 Å². The first-order chi connectivity index (χ1) is 6.83. The van der Waals surface area contributed by atoms with Crippen molar-refractivity contribution in [3.63, 3.8) is 0 Å². The highest BCUT2D eigenvalue weighted by Gasteiger charge is 2.01. The summed E-state index contributed by atoms with van der Waals surface area (Å²) < 4.78 is 4.85. The molecular formula is C8H13N3O2S. The minimum absolute atomic E-state index is 0.226. The Morgan fingerprint density at radius 2 is 2.57 bits per heavy atom. The van der Waals surface area contributed by atoms with Gasteiger partial charge in [0.05, 0.1) is 0 Å². The second-order valence-electron chi connectivity index (χ2n) is 2.56. The maximum Gasteiger partial charge on any atom is 0.321 e. The highest BCUT2D eigenvalue weighted by Crippen LogP contribution is 2.09. The number of carbonyl (C=O) groups is 1. The predicted octanol–water partition coefficient (Wildman–Crippen LogP) is 1.30. The number of aromatic nitrogens is 1. The van der Waals surface area contributed by atoms with Crippen LogP contribution in [-0.2, 0) is 4.74 Å². The van der Waals surface area contributed by atoms with Gasteiger partial charge in [-0.05, 0) is 6.42 Å². The summed E-state index contributed by atoms with van der Waals surface area (Å²) in [6.07, 6.45) is 2.45. The number of carbonyl (C=O) groups excluding carboxylic acids is 1. The van der Waals surface area contributed by atoms with Gasteiger partial charge in [-0.15, -0.1) is 11.3 Å². The van der Waals surface area contributed by atoms with Gasteiger partial charge < -0.3 is 10.1 Å². The summed E-state index contributed by atoms with van der Waals surface area (Å²) >= 11 is 1.39. The van der Waals surface area contributed by atoms with Crippen molar-refractivity contribution in [2.75, 3.05) is 25.6 Å². The second kappa shape index (κ2) is 6.33. The van der Waals surface area contributed by atoms with E-state index in [2.05, 4.69) is 15.6 Å². The molecule has 78 valence electrons. The van der Waals surface area contributed by atoms with Gasteiger partial charge in [0, 0.05) is 31.8 Å². The fourth-order valence-electron chi connectivity index (χ4n) is 0.845. The first-order valence-electron chi connectivity index (χ1n) is 4.26. The van der Waals surface area contributed by atoms with Crippen molar-refractivity contribution < 1.29 is 9.53 Å². The topological polar surface area (TPSA) is 63.2 Å². The number of rotatable bonds is 5. The Kier molecular flexibility index (Phi) is 4.95. The molecule has 2 N–H and O–H groups in total. The van der Waals surface area contributed by atoms with Crippen molar-refractivity contribution >= 4 is 22.5 Å². The molecule has 0 spiro atoms. The number of nitrogens with zero attached hydrogens (tertiary/aromatic N) is 1. The normalized spacial score (nSPS) is 9.79. The molecule has 0 unspecified atom stereocenters. The molecule has 0 bridgehead atoms. The number of thiazole rings is 1. The summed E-state index contributed by atoms with van der Waals surface area (Å²) in [6, 6.07) is -0.226. The van der Waals surface area contributed by atoms with Crippen molar-refractivity contribution in [2.24, 2.45) is 0 Å². The number of ether oxygens (including phenoxy) is 1. The Morgan fingerprint density at radius 3 is 3.21 bits per heavy atom. The van der Waals surface area contributed by atoms with E-state index in [0.29, 0.717) is 18.3 Å². The third-order valence-corrected chi connectivity index (χ3v) is 2.15. The van der Waals surface area contributed by atoms with E-state index in [0.717, 1.165) is 6.42 Å². The minimum atomic E-state index is -0.226. The lowest BCUT2D eigenvalue weighted by molar-refractivity contribution is 0.194. The van der Waals surface area contributed by atoms with E-state index in [4.69, 9.17) is 4.74 Å². The maximum atomic E-state index is 11.2. The van der Waals surface area contributed by atoms with Gasteiger partial charge in [0.1, 0.15) is 0 Å². The maximum absolute atomic E-state index is 11.2. The number of hydrogen-bond acceptors (Lipinski definition) is 4. The molecule has 0 atom stereocenters. The summed E-state index contributed by atoms with van der Waals surface area (Å²) in [5.74, 6) is 0. The van der Waals surface area contributed by atoms with E-state index >= 15 is 0 Å². The molecule has 6 heteroatoms. The van der Waals surface area contributed by atoms with Gasteiger partial charge in [0.15, 0.2) is 5.13 Å². The number of urea groups is 1. The molecule has 5 nitrogen and oxygen atoms in total. The van der Waals surface area contributed by atoms with Crippen LogP contribution in [0.5, 0.6) is 0 Å². The standard InChI is InChI=1S/C8H13N3O2S/c1-13-5-2-3-9-7(12)11-8-10-4-6-14-8/h4,6H,2-3,5H2,1H3,(H2,9,10,11,12). The van der Waals surface area contributed by atoms with Crippen LogP contribution in [0.2, 0.25) is 0 Å². The summed E-state index contributed by atoms with van der Waals surface area (Å²) in [7, 11) is 1.63. The second-order valence-corrected chi connectivity index (χ2v) is 3.46. The molecule has 0 aromatic carbocycles. The van der Waals surface area contributed by atoms with Gasteiger partial charge in [-0.2, -0.15) is 0 Å². The van der Waals surface area contributed by atoms with Gasteiger partial charge in [0.2, 0.25) is 0 Å². The number of hydrogen-bond donors (Lipinski definition) is 2. The summed E-state index contributed by atoms with van der Waals surface area (Å²) in [4.78, 5) is 15.1. The van der Waals surface area contributed by atoms with Gasteiger partial charge >= 0.3 is 6.03 Å².